The fourth-order valence-electron chi connectivity index (χ4n) is 1.53. The van der Waals surface area contributed by atoms with Crippen LogP contribution in [0.1, 0.15) is 31.7 Å². The molecule has 0 aromatic carbocycles. The number of halogens is 4. The number of rotatable bonds is 6. The predicted octanol–water partition coefficient (Wildman–Crippen LogP) is 3.25. The van der Waals surface area contributed by atoms with Crippen LogP contribution in [-0.4, -0.2) is 17.1 Å². The summed E-state index contributed by atoms with van der Waals surface area (Å²) < 4.78 is 43.5. The van der Waals surface area contributed by atoms with Gasteiger partial charge in [-0.15, -0.1) is 0 Å². The Morgan fingerprint density at radius 1 is 1.43 bits per heavy atom. The van der Waals surface area contributed by atoms with Crippen molar-refractivity contribution < 1.29 is 22.7 Å². The second-order valence-corrected chi connectivity index (χ2v) is 4.80. The summed E-state index contributed by atoms with van der Waals surface area (Å²) in [5.74, 6) is -0.566. The van der Waals surface area contributed by atoms with Crippen molar-refractivity contribution in [1.29, 1.82) is 0 Å². The molecule has 0 N–H and O–H groups in total. The smallest absolute Gasteiger partial charge is 0.417 e. The first-order valence-electron chi connectivity index (χ1n) is 6.38. The fourth-order valence-corrected chi connectivity index (χ4v) is 1.76. The van der Waals surface area contributed by atoms with E-state index < -0.39 is 28.3 Å². The summed E-state index contributed by atoms with van der Waals surface area (Å²) in [6.07, 6.45) is -2.59. The summed E-state index contributed by atoms with van der Waals surface area (Å²) in [6, 6.07) is 0.569. The average Bonchev–Trinajstić information content (AvgIpc) is 2.39. The van der Waals surface area contributed by atoms with Gasteiger partial charge in [-0.05, 0) is 12.5 Å². The quantitative estimate of drug-likeness (QED) is 0.596. The first-order chi connectivity index (χ1) is 9.75. The molecule has 0 aliphatic rings. The van der Waals surface area contributed by atoms with Gasteiger partial charge in [-0.1, -0.05) is 24.9 Å². The number of carbonyl (C=O) groups is 1. The Labute approximate surface area is 124 Å². The van der Waals surface area contributed by atoms with E-state index in [0.29, 0.717) is 18.7 Å². The molecule has 21 heavy (non-hydrogen) atoms. The first-order valence-corrected chi connectivity index (χ1v) is 6.76. The second kappa shape index (κ2) is 7.49. The molecule has 0 bridgehead atoms. The highest BCUT2D eigenvalue weighted by Crippen LogP contribution is 2.29. The minimum Gasteiger partial charge on any atom is -0.466 e. The Kier molecular flexibility index (Phi) is 6.26. The first kappa shape index (κ1) is 17.6. The maximum atomic E-state index is 12.6. The normalized spacial score (nSPS) is 11.5. The lowest BCUT2D eigenvalue weighted by atomic mass is 10.2. The highest BCUT2D eigenvalue weighted by molar-refractivity contribution is 6.30. The fraction of sp³-hybridized carbons (Fsp3) is 0.538. The van der Waals surface area contributed by atoms with Crippen LogP contribution in [0.15, 0.2) is 17.1 Å². The number of aryl methyl sites for hydroxylation is 1. The van der Waals surface area contributed by atoms with Crippen LogP contribution in [0.5, 0.6) is 0 Å². The van der Waals surface area contributed by atoms with Gasteiger partial charge in [0.05, 0.1) is 18.6 Å². The molecule has 0 aliphatic heterocycles. The summed E-state index contributed by atoms with van der Waals surface area (Å²) in [7, 11) is 0. The van der Waals surface area contributed by atoms with Crippen LogP contribution >= 0.6 is 11.6 Å². The average molecular weight is 326 g/mol. The molecule has 1 aromatic rings. The van der Waals surface area contributed by atoms with Crippen LogP contribution in [0.3, 0.4) is 0 Å². The van der Waals surface area contributed by atoms with Crippen LogP contribution in [0.2, 0.25) is 5.02 Å². The third kappa shape index (κ3) is 5.41. The summed E-state index contributed by atoms with van der Waals surface area (Å²) in [5, 5.41) is -0.538. The Morgan fingerprint density at radius 3 is 2.67 bits per heavy atom. The van der Waals surface area contributed by atoms with Crippen LogP contribution < -0.4 is 5.56 Å². The van der Waals surface area contributed by atoms with E-state index in [2.05, 4.69) is 0 Å². The van der Waals surface area contributed by atoms with Gasteiger partial charge in [0.1, 0.15) is 5.02 Å². The van der Waals surface area contributed by atoms with E-state index >= 15 is 0 Å². The molecule has 1 heterocycles. The van der Waals surface area contributed by atoms with E-state index in [1.165, 1.54) is 0 Å². The van der Waals surface area contributed by atoms with Crippen LogP contribution in [-0.2, 0) is 22.3 Å². The summed E-state index contributed by atoms with van der Waals surface area (Å²) in [4.78, 5) is 23.0. The number of alkyl halides is 3. The zero-order chi connectivity index (χ0) is 16.0. The lowest BCUT2D eigenvalue weighted by Gasteiger charge is -2.11. The maximum absolute atomic E-state index is 12.6. The number of ether oxygens (including phenoxy) is 1. The van der Waals surface area contributed by atoms with Gasteiger partial charge >= 0.3 is 12.1 Å². The Hall–Kier alpha value is -1.50. The number of aromatic nitrogens is 1. The van der Waals surface area contributed by atoms with Gasteiger partial charge in [0, 0.05) is 12.7 Å². The Balaban J connectivity index is 2.77. The number of carbonyl (C=O) groups excluding carboxylic acids is 1. The molecular formula is C13H15ClF3NO3. The lowest BCUT2D eigenvalue weighted by molar-refractivity contribution is -0.144. The van der Waals surface area contributed by atoms with Crippen molar-refractivity contribution in [2.24, 2.45) is 0 Å². The molecule has 0 unspecified atom stereocenters. The number of hydrogen-bond donors (Lipinski definition) is 0. The number of pyridine rings is 1. The van der Waals surface area contributed by atoms with E-state index in [4.69, 9.17) is 16.3 Å². The van der Waals surface area contributed by atoms with Gasteiger partial charge in [-0.3, -0.25) is 9.59 Å². The topological polar surface area (TPSA) is 48.3 Å². The maximum Gasteiger partial charge on any atom is 0.417 e. The van der Waals surface area contributed by atoms with Gasteiger partial charge in [-0.25, -0.2) is 0 Å². The third-order valence-electron chi connectivity index (χ3n) is 2.69. The van der Waals surface area contributed by atoms with Gasteiger partial charge in [0.25, 0.3) is 5.56 Å². The lowest BCUT2D eigenvalue weighted by Crippen LogP contribution is -2.24. The van der Waals surface area contributed by atoms with Gasteiger partial charge in [-0.2, -0.15) is 13.2 Å². The van der Waals surface area contributed by atoms with E-state index in [1.807, 2.05) is 6.92 Å². The number of hydrogen-bond acceptors (Lipinski definition) is 3. The van der Waals surface area contributed by atoms with E-state index in [9.17, 15) is 22.8 Å². The minimum atomic E-state index is -4.61. The second-order valence-electron chi connectivity index (χ2n) is 4.40. The molecule has 1 aromatic heterocycles. The van der Waals surface area contributed by atoms with Crippen LogP contribution in [0.4, 0.5) is 13.2 Å². The molecule has 0 aliphatic carbocycles. The molecule has 0 radical (unpaired) electrons. The molecule has 0 atom stereocenters. The van der Waals surface area contributed by atoms with Crippen molar-refractivity contribution in [3.05, 3.63) is 33.2 Å². The molecule has 0 fully saturated rings. The summed E-state index contributed by atoms with van der Waals surface area (Å²) in [5.41, 5.74) is -1.81. The zero-order valence-electron chi connectivity index (χ0n) is 11.4. The molecule has 8 heteroatoms. The highest BCUT2D eigenvalue weighted by Gasteiger charge is 2.32. The van der Waals surface area contributed by atoms with Gasteiger partial charge < -0.3 is 9.30 Å². The van der Waals surface area contributed by atoms with Crippen molar-refractivity contribution in [2.75, 3.05) is 6.61 Å². The zero-order valence-corrected chi connectivity index (χ0v) is 12.1. The highest BCUT2D eigenvalue weighted by atomic mass is 35.5. The predicted molar refractivity (Wildman–Crippen MR) is 71.2 cm³/mol. The standard InChI is InChI=1S/C13H15ClF3NO3/c1-2-3-6-21-11(19)4-5-18-8-9(13(15,16)17)7-10(14)12(18)20/h7-8H,2-6H2,1H3. The Bertz CT molecular complexity index is 555. The molecule has 1 rings (SSSR count). The van der Waals surface area contributed by atoms with Crippen molar-refractivity contribution in [3.63, 3.8) is 0 Å². The largest absolute Gasteiger partial charge is 0.466 e. The van der Waals surface area contributed by atoms with E-state index in [0.717, 1.165) is 11.0 Å². The van der Waals surface area contributed by atoms with E-state index in [1.54, 1.807) is 0 Å². The third-order valence-corrected chi connectivity index (χ3v) is 2.96. The Morgan fingerprint density at radius 2 is 2.10 bits per heavy atom. The molecule has 118 valence electrons. The molecule has 0 amide bonds. The van der Waals surface area contributed by atoms with Crippen LogP contribution in [0, 0.1) is 0 Å². The van der Waals surface area contributed by atoms with Crippen molar-refractivity contribution >= 4 is 17.6 Å². The number of unbranched alkanes of at least 4 members (excludes halogenated alkanes) is 1. The summed E-state index contributed by atoms with van der Waals surface area (Å²) in [6.45, 7) is 1.97. The number of esters is 1. The molecule has 0 saturated heterocycles. The van der Waals surface area contributed by atoms with Gasteiger partial charge in [0.2, 0.25) is 0 Å². The van der Waals surface area contributed by atoms with E-state index in [-0.39, 0.29) is 19.6 Å². The van der Waals surface area contributed by atoms with Gasteiger partial charge in [0.15, 0.2) is 0 Å². The van der Waals surface area contributed by atoms with Crippen LogP contribution in [0.25, 0.3) is 0 Å². The van der Waals surface area contributed by atoms with Crippen molar-refractivity contribution in [2.45, 2.75) is 38.9 Å². The molecule has 4 nitrogen and oxygen atoms in total. The number of nitrogens with zero attached hydrogens (tertiary/aromatic N) is 1. The molecular weight excluding hydrogens is 311 g/mol. The van der Waals surface area contributed by atoms with Crippen molar-refractivity contribution in [1.82, 2.24) is 4.57 Å². The molecule has 0 spiro atoms. The monoisotopic (exact) mass is 325 g/mol. The summed E-state index contributed by atoms with van der Waals surface area (Å²) >= 11 is 5.49. The minimum absolute atomic E-state index is 0.193. The molecule has 0 saturated carbocycles. The SMILES string of the molecule is CCCCOC(=O)CCn1cc(C(F)(F)F)cc(Cl)c1=O. The van der Waals surface area contributed by atoms with Crippen molar-refractivity contribution in [3.8, 4) is 0 Å².